The van der Waals surface area contributed by atoms with Gasteiger partial charge in [0.1, 0.15) is 5.38 Å². The lowest BCUT2D eigenvalue weighted by Crippen LogP contribution is -2.19. The summed E-state index contributed by atoms with van der Waals surface area (Å²) >= 11 is 5.71. The van der Waals surface area contributed by atoms with E-state index < -0.39 is 5.38 Å². The first-order chi connectivity index (χ1) is 6.72. The lowest BCUT2D eigenvalue weighted by molar-refractivity contribution is 0.100. The topological polar surface area (TPSA) is 53.2 Å². The molecule has 0 fully saturated rings. The summed E-state index contributed by atoms with van der Waals surface area (Å²) in [6.45, 7) is 0. The molecule has 68 valence electrons. The zero-order valence-electron chi connectivity index (χ0n) is 7.07. The molecule has 0 radical (unpaired) electrons. The van der Waals surface area contributed by atoms with Crippen LogP contribution in [0.3, 0.4) is 0 Å². The van der Waals surface area contributed by atoms with Crippen LogP contribution in [0.4, 0.5) is 5.69 Å². The van der Waals surface area contributed by atoms with Crippen LogP contribution in [0.2, 0.25) is 0 Å². The molecular weight excluding hydrogens is 200 g/mol. The van der Waals surface area contributed by atoms with Crippen molar-refractivity contribution in [2.45, 2.75) is 5.38 Å². The zero-order valence-corrected chi connectivity index (χ0v) is 7.82. The molecule has 1 atom stereocenters. The van der Waals surface area contributed by atoms with Gasteiger partial charge in [-0.25, -0.2) is 0 Å². The molecule has 0 unspecified atom stereocenters. The van der Waals surface area contributed by atoms with Gasteiger partial charge >= 0.3 is 0 Å². The molecular formula is C10H5ClN2O. The highest BCUT2D eigenvalue weighted by Gasteiger charge is 2.22. The molecule has 1 aromatic rings. The second-order valence-corrected chi connectivity index (χ2v) is 3.36. The van der Waals surface area contributed by atoms with E-state index in [1.165, 1.54) is 12.3 Å². The van der Waals surface area contributed by atoms with Gasteiger partial charge in [0.2, 0.25) is 0 Å². The number of Topliss-reactive ketones (excluding diaryl/α,β-unsaturated/α-hetero) is 1. The van der Waals surface area contributed by atoms with Crippen LogP contribution in [0.25, 0.3) is 0 Å². The first-order valence-electron chi connectivity index (χ1n) is 3.99. The van der Waals surface area contributed by atoms with E-state index in [1.54, 1.807) is 12.1 Å². The maximum absolute atomic E-state index is 11.6. The molecule has 3 nitrogen and oxygen atoms in total. The van der Waals surface area contributed by atoms with E-state index in [9.17, 15) is 4.79 Å². The fraction of sp³-hybridized carbons (Fsp3) is 0.100. The summed E-state index contributed by atoms with van der Waals surface area (Å²) < 4.78 is 0. The molecule has 4 heteroatoms. The molecule has 0 bridgehead atoms. The molecule has 0 saturated heterocycles. The van der Waals surface area contributed by atoms with Gasteiger partial charge in [0, 0.05) is 11.8 Å². The number of nitriles is 1. The van der Waals surface area contributed by atoms with E-state index in [0.29, 0.717) is 16.8 Å². The van der Waals surface area contributed by atoms with Crippen LogP contribution in [-0.4, -0.2) is 17.4 Å². The Bertz CT molecular complexity index is 474. The number of benzene rings is 1. The number of carbonyl (C=O) groups is 1. The van der Waals surface area contributed by atoms with Gasteiger partial charge < -0.3 is 0 Å². The molecule has 0 amide bonds. The first-order valence-corrected chi connectivity index (χ1v) is 4.42. The Hall–Kier alpha value is -1.66. The summed E-state index contributed by atoms with van der Waals surface area (Å²) in [6.07, 6.45) is 1.40. The highest BCUT2D eigenvalue weighted by molar-refractivity contribution is 6.43. The average Bonchev–Trinajstić information content (AvgIpc) is 2.23. The highest BCUT2D eigenvalue weighted by Crippen LogP contribution is 2.26. The fourth-order valence-corrected chi connectivity index (χ4v) is 1.45. The fourth-order valence-electron chi connectivity index (χ4n) is 1.28. The number of fused-ring (bicyclic) bond motifs is 1. The van der Waals surface area contributed by atoms with Crippen LogP contribution in [0, 0.1) is 11.3 Å². The number of ketones is 1. The number of alkyl halides is 1. The molecule has 0 spiro atoms. The molecule has 1 aromatic carbocycles. The number of nitrogens with zero attached hydrogens (tertiary/aromatic N) is 2. The molecule has 14 heavy (non-hydrogen) atoms. The van der Waals surface area contributed by atoms with E-state index in [0.717, 1.165) is 0 Å². The maximum atomic E-state index is 11.6. The average molecular weight is 205 g/mol. The van der Waals surface area contributed by atoms with Crippen LogP contribution in [0.1, 0.15) is 15.9 Å². The van der Waals surface area contributed by atoms with Gasteiger partial charge in [0.25, 0.3) is 0 Å². The SMILES string of the molecule is N#Cc1ccc2c(c1)C(=O)[C@@H](Cl)C=N2. The van der Waals surface area contributed by atoms with Crippen molar-refractivity contribution < 1.29 is 4.79 Å². The van der Waals surface area contributed by atoms with Crippen molar-refractivity contribution in [2.75, 3.05) is 0 Å². The van der Waals surface area contributed by atoms with Crippen LogP contribution in [0.5, 0.6) is 0 Å². The van der Waals surface area contributed by atoms with E-state index in [4.69, 9.17) is 16.9 Å². The van der Waals surface area contributed by atoms with Gasteiger partial charge in [-0.1, -0.05) is 0 Å². The van der Waals surface area contributed by atoms with Gasteiger partial charge in [-0.15, -0.1) is 11.6 Å². The van der Waals surface area contributed by atoms with Gasteiger partial charge in [-0.2, -0.15) is 5.26 Å². The Morgan fingerprint density at radius 1 is 1.50 bits per heavy atom. The van der Waals surface area contributed by atoms with Crippen LogP contribution in [0.15, 0.2) is 23.2 Å². The van der Waals surface area contributed by atoms with E-state index in [2.05, 4.69) is 4.99 Å². The summed E-state index contributed by atoms with van der Waals surface area (Å²) in [5, 5.41) is 7.95. The zero-order chi connectivity index (χ0) is 10.1. The molecule has 0 saturated carbocycles. The van der Waals surface area contributed by atoms with E-state index >= 15 is 0 Å². The Kier molecular flexibility index (Phi) is 2.06. The van der Waals surface area contributed by atoms with Gasteiger partial charge in [-0.05, 0) is 18.2 Å². The quantitative estimate of drug-likeness (QED) is 0.608. The number of hydrogen-bond acceptors (Lipinski definition) is 3. The molecule has 2 rings (SSSR count). The molecule has 1 aliphatic rings. The molecule has 1 aliphatic heterocycles. The monoisotopic (exact) mass is 204 g/mol. The second kappa shape index (κ2) is 3.24. The third-order valence-corrected chi connectivity index (χ3v) is 2.30. The number of aliphatic imine (C=N–C) groups is 1. The Balaban J connectivity index is 2.60. The molecule has 0 aromatic heterocycles. The number of carbonyl (C=O) groups excluding carboxylic acids is 1. The largest absolute Gasteiger partial charge is 0.292 e. The smallest absolute Gasteiger partial charge is 0.188 e. The normalized spacial score (nSPS) is 18.9. The van der Waals surface area contributed by atoms with Gasteiger partial charge in [0.15, 0.2) is 5.78 Å². The van der Waals surface area contributed by atoms with Crippen molar-refractivity contribution in [1.82, 2.24) is 0 Å². The van der Waals surface area contributed by atoms with Crippen molar-refractivity contribution >= 4 is 29.3 Å². The van der Waals surface area contributed by atoms with Crippen molar-refractivity contribution in [2.24, 2.45) is 4.99 Å². The lowest BCUT2D eigenvalue weighted by atomic mass is 10.0. The van der Waals surface area contributed by atoms with Crippen LogP contribution in [-0.2, 0) is 0 Å². The summed E-state index contributed by atoms with van der Waals surface area (Å²) in [7, 11) is 0. The third-order valence-electron chi connectivity index (χ3n) is 1.99. The van der Waals surface area contributed by atoms with E-state index in [1.807, 2.05) is 6.07 Å². The van der Waals surface area contributed by atoms with Gasteiger partial charge in [-0.3, -0.25) is 9.79 Å². The Labute approximate surface area is 85.6 Å². The minimum atomic E-state index is -0.712. The number of hydrogen-bond donors (Lipinski definition) is 0. The summed E-state index contributed by atoms with van der Waals surface area (Å²) in [6, 6.07) is 6.75. The van der Waals surface area contributed by atoms with E-state index in [-0.39, 0.29) is 5.78 Å². The maximum Gasteiger partial charge on any atom is 0.188 e. The third kappa shape index (κ3) is 1.30. The Morgan fingerprint density at radius 2 is 2.29 bits per heavy atom. The molecule has 1 heterocycles. The predicted molar refractivity (Wildman–Crippen MR) is 53.3 cm³/mol. The van der Waals surface area contributed by atoms with Crippen molar-refractivity contribution in [3.63, 3.8) is 0 Å². The number of rotatable bonds is 0. The summed E-state index contributed by atoms with van der Waals surface area (Å²) in [5.74, 6) is -0.200. The predicted octanol–water partition coefficient (Wildman–Crippen LogP) is 2.06. The van der Waals surface area contributed by atoms with Crippen molar-refractivity contribution in [3.8, 4) is 6.07 Å². The number of halogens is 1. The summed E-state index contributed by atoms with van der Waals surface area (Å²) in [4.78, 5) is 15.6. The first kappa shape index (κ1) is 8.92. The second-order valence-electron chi connectivity index (χ2n) is 2.89. The standard InChI is InChI=1S/C10H5ClN2O/c11-8-5-13-9-2-1-6(4-12)3-7(9)10(8)14/h1-3,5,8H/t8-/m0/s1. The highest BCUT2D eigenvalue weighted by atomic mass is 35.5. The van der Waals surface area contributed by atoms with Crippen LogP contribution < -0.4 is 0 Å². The minimum absolute atomic E-state index is 0.200. The van der Waals surface area contributed by atoms with Crippen molar-refractivity contribution in [3.05, 3.63) is 29.3 Å². The Morgan fingerprint density at radius 3 is 3.00 bits per heavy atom. The minimum Gasteiger partial charge on any atom is -0.292 e. The van der Waals surface area contributed by atoms with Crippen LogP contribution >= 0.6 is 11.6 Å². The summed E-state index contributed by atoms with van der Waals surface area (Å²) in [5.41, 5.74) is 1.44. The van der Waals surface area contributed by atoms with Gasteiger partial charge in [0.05, 0.1) is 17.3 Å². The van der Waals surface area contributed by atoms with Crippen molar-refractivity contribution in [1.29, 1.82) is 5.26 Å². The molecule has 0 N–H and O–H groups in total. The molecule has 0 aliphatic carbocycles. The lowest BCUT2D eigenvalue weighted by Gasteiger charge is -2.11.